The summed E-state index contributed by atoms with van der Waals surface area (Å²) < 4.78 is 32.7. The van der Waals surface area contributed by atoms with Crippen molar-refractivity contribution in [1.82, 2.24) is 0 Å². The van der Waals surface area contributed by atoms with Crippen molar-refractivity contribution in [2.24, 2.45) is 0 Å². The second-order valence-electron chi connectivity index (χ2n) is 7.40. The summed E-state index contributed by atoms with van der Waals surface area (Å²) in [4.78, 5) is 26.5. The first-order valence-electron chi connectivity index (χ1n) is 10.2. The van der Waals surface area contributed by atoms with Crippen LogP contribution in [-0.2, 0) is 32.4 Å². The fourth-order valence-electron chi connectivity index (χ4n) is 3.75. The first-order valence-corrected chi connectivity index (χ1v) is 12.8. The van der Waals surface area contributed by atoms with E-state index in [0.29, 0.717) is 21.3 Å². The number of carbonyl (C=O) groups is 2. The van der Waals surface area contributed by atoms with E-state index in [2.05, 4.69) is 5.32 Å². The van der Waals surface area contributed by atoms with E-state index < -0.39 is 28.4 Å². The molecule has 10 heteroatoms. The Morgan fingerprint density at radius 2 is 1.79 bits per heavy atom. The van der Waals surface area contributed by atoms with Crippen molar-refractivity contribution >= 4 is 55.5 Å². The predicted molar refractivity (Wildman–Crippen MR) is 129 cm³/mol. The number of fused-ring (bicyclic) bond motifs is 1. The number of methoxy groups -OCH3 is 1. The highest BCUT2D eigenvalue weighted by atomic mass is 35.5. The molecule has 1 aliphatic rings. The molecule has 1 aromatic heterocycles. The normalized spacial score (nSPS) is 12.8. The van der Waals surface area contributed by atoms with Gasteiger partial charge >= 0.3 is 5.97 Å². The van der Waals surface area contributed by atoms with Crippen molar-refractivity contribution in [3.05, 3.63) is 75.6 Å². The Morgan fingerprint density at radius 1 is 1.09 bits per heavy atom. The zero-order chi connectivity index (χ0) is 23.6. The lowest BCUT2D eigenvalue weighted by Gasteiger charge is -2.24. The van der Waals surface area contributed by atoms with E-state index in [0.717, 1.165) is 34.0 Å². The molecular formula is C23H21ClN2O5S2. The van der Waals surface area contributed by atoms with Crippen molar-refractivity contribution in [3.8, 4) is 0 Å². The Bertz CT molecular complexity index is 1290. The van der Waals surface area contributed by atoms with Crippen molar-refractivity contribution in [2.75, 3.05) is 23.3 Å². The predicted octanol–water partition coefficient (Wildman–Crippen LogP) is 4.51. The van der Waals surface area contributed by atoms with Crippen LogP contribution in [0.1, 0.15) is 27.2 Å². The first-order chi connectivity index (χ1) is 15.8. The fourth-order valence-corrected chi connectivity index (χ4v) is 6.59. The molecule has 7 nitrogen and oxygen atoms in total. The number of nitrogens with one attached hydrogen (secondary N) is 1. The lowest BCUT2D eigenvalue weighted by atomic mass is 10.1. The topological polar surface area (TPSA) is 92.8 Å². The number of esters is 1. The number of aryl methyl sites for hydroxylation is 1. The van der Waals surface area contributed by atoms with Crippen LogP contribution in [0.4, 0.5) is 10.7 Å². The van der Waals surface area contributed by atoms with Crippen molar-refractivity contribution in [2.45, 2.75) is 24.2 Å². The summed E-state index contributed by atoms with van der Waals surface area (Å²) in [5, 5.41) is 3.52. The highest BCUT2D eigenvalue weighted by molar-refractivity contribution is 7.92. The van der Waals surface area contributed by atoms with E-state index in [1.54, 1.807) is 30.3 Å². The average Bonchev–Trinajstić information content (AvgIpc) is 3.38. The van der Waals surface area contributed by atoms with Crippen LogP contribution in [0.15, 0.2) is 59.5 Å². The Morgan fingerprint density at radius 3 is 2.45 bits per heavy atom. The molecule has 0 saturated heterocycles. The smallest absolute Gasteiger partial charge is 0.341 e. The summed E-state index contributed by atoms with van der Waals surface area (Å²) in [6, 6.07) is 14.1. The fraction of sp³-hybridized carbons (Fsp3) is 0.217. The van der Waals surface area contributed by atoms with E-state index in [1.165, 1.54) is 42.7 Å². The lowest BCUT2D eigenvalue weighted by Crippen LogP contribution is -2.38. The zero-order valence-electron chi connectivity index (χ0n) is 17.7. The SMILES string of the molecule is COC(=O)c1c(NC(=O)CN(c2ccccc2)S(=O)(=O)c2ccc(Cl)cc2)sc2c1CCC2. The molecule has 1 aliphatic carbocycles. The Hall–Kier alpha value is -2.88. The number of nitrogens with zero attached hydrogens (tertiary/aromatic N) is 1. The molecule has 0 radical (unpaired) electrons. The molecule has 33 heavy (non-hydrogen) atoms. The number of ether oxygens (including phenoxy) is 1. The second-order valence-corrected chi connectivity index (χ2v) is 10.8. The molecule has 0 aliphatic heterocycles. The van der Waals surface area contributed by atoms with Crippen molar-refractivity contribution in [3.63, 3.8) is 0 Å². The Balaban J connectivity index is 1.65. The summed E-state index contributed by atoms with van der Waals surface area (Å²) in [5.41, 5.74) is 1.59. The van der Waals surface area contributed by atoms with Gasteiger partial charge in [-0.1, -0.05) is 29.8 Å². The van der Waals surface area contributed by atoms with Gasteiger partial charge in [0.15, 0.2) is 0 Å². The maximum Gasteiger partial charge on any atom is 0.341 e. The number of anilines is 2. The van der Waals surface area contributed by atoms with Gasteiger partial charge in [0.05, 0.1) is 23.3 Å². The van der Waals surface area contributed by atoms with E-state index in [9.17, 15) is 18.0 Å². The van der Waals surface area contributed by atoms with Gasteiger partial charge in [0.1, 0.15) is 11.5 Å². The van der Waals surface area contributed by atoms with Gasteiger partial charge in [0, 0.05) is 9.90 Å². The third-order valence-corrected chi connectivity index (χ3v) is 8.54. The quantitative estimate of drug-likeness (QED) is 0.478. The first kappa shape index (κ1) is 23.3. The van der Waals surface area contributed by atoms with Gasteiger partial charge in [-0.05, 0) is 61.2 Å². The van der Waals surface area contributed by atoms with Crippen LogP contribution >= 0.6 is 22.9 Å². The number of amides is 1. The van der Waals surface area contributed by atoms with Gasteiger partial charge in [-0.25, -0.2) is 13.2 Å². The molecule has 1 amide bonds. The molecule has 1 heterocycles. The third kappa shape index (κ3) is 4.75. The van der Waals surface area contributed by atoms with Gasteiger partial charge < -0.3 is 10.1 Å². The average molecular weight is 505 g/mol. The third-order valence-electron chi connectivity index (χ3n) is 5.30. The molecular weight excluding hydrogens is 484 g/mol. The van der Waals surface area contributed by atoms with Gasteiger partial charge in [-0.3, -0.25) is 9.10 Å². The van der Waals surface area contributed by atoms with Gasteiger partial charge in [0.2, 0.25) is 5.91 Å². The van der Waals surface area contributed by atoms with Gasteiger partial charge in [0.25, 0.3) is 10.0 Å². The Labute approximate surface area is 201 Å². The van der Waals surface area contributed by atoms with Gasteiger partial charge in [-0.2, -0.15) is 0 Å². The van der Waals surface area contributed by atoms with Crippen LogP contribution in [-0.4, -0.2) is 33.9 Å². The number of hydrogen-bond donors (Lipinski definition) is 1. The van der Waals surface area contributed by atoms with Crippen molar-refractivity contribution in [1.29, 1.82) is 0 Å². The molecule has 0 spiro atoms. The molecule has 0 fully saturated rings. The molecule has 172 valence electrons. The van der Waals surface area contributed by atoms with E-state index in [1.807, 2.05) is 0 Å². The van der Waals surface area contributed by atoms with Crippen LogP contribution in [0.5, 0.6) is 0 Å². The maximum absolute atomic E-state index is 13.4. The monoisotopic (exact) mass is 504 g/mol. The van der Waals surface area contributed by atoms with E-state index in [-0.39, 0.29) is 4.90 Å². The van der Waals surface area contributed by atoms with Crippen LogP contribution < -0.4 is 9.62 Å². The molecule has 1 N–H and O–H groups in total. The summed E-state index contributed by atoms with van der Waals surface area (Å²) in [5.74, 6) is -1.08. The lowest BCUT2D eigenvalue weighted by molar-refractivity contribution is -0.114. The summed E-state index contributed by atoms with van der Waals surface area (Å²) in [6.07, 6.45) is 2.52. The summed E-state index contributed by atoms with van der Waals surface area (Å²) in [6.45, 7) is -0.474. The standard InChI is InChI=1S/C23H21ClN2O5S2/c1-31-23(28)21-18-8-5-9-19(18)32-22(21)25-20(27)14-26(16-6-3-2-4-7-16)33(29,30)17-12-10-15(24)11-13-17/h2-4,6-7,10-13H,5,8-9,14H2,1H3,(H,25,27). The molecule has 2 aromatic carbocycles. The summed E-state index contributed by atoms with van der Waals surface area (Å²) >= 11 is 7.24. The number of sulfonamides is 1. The molecule has 0 bridgehead atoms. The van der Waals surface area contributed by atoms with Crippen LogP contribution in [0.25, 0.3) is 0 Å². The minimum atomic E-state index is -4.06. The number of carbonyl (C=O) groups excluding carboxylic acids is 2. The van der Waals surface area contributed by atoms with Crippen LogP contribution in [0.3, 0.4) is 0 Å². The molecule has 3 aromatic rings. The Kier molecular flexibility index (Phi) is 6.73. The molecule has 0 saturated carbocycles. The highest BCUT2D eigenvalue weighted by Crippen LogP contribution is 2.39. The van der Waals surface area contributed by atoms with Crippen LogP contribution in [0.2, 0.25) is 5.02 Å². The van der Waals surface area contributed by atoms with Crippen molar-refractivity contribution < 1.29 is 22.7 Å². The minimum Gasteiger partial charge on any atom is -0.465 e. The molecule has 0 unspecified atom stereocenters. The number of para-hydroxylation sites is 1. The number of hydrogen-bond acceptors (Lipinski definition) is 6. The largest absolute Gasteiger partial charge is 0.465 e. The number of rotatable bonds is 7. The number of thiophene rings is 1. The van der Waals surface area contributed by atoms with Gasteiger partial charge in [-0.15, -0.1) is 11.3 Å². The number of halogens is 1. The molecule has 4 rings (SSSR count). The maximum atomic E-state index is 13.4. The minimum absolute atomic E-state index is 0.00824. The summed E-state index contributed by atoms with van der Waals surface area (Å²) in [7, 11) is -2.77. The van der Waals surface area contributed by atoms with Crippen LogP contribution in [0, 0.1) is 0 Å². The van der Waals surface area contributed by atoms with E-state index >= 15 is 0 Å². The second kappa shape index (κ2) is 9.54. The number of benzene rings is 2. The van der Waals surface area contributed by atoms with E-state index in [4.69, 9.17) is 16.3 Å². The highest BCUT2D eigenvalue weighted by Gasteiger charge is 2.30. The zero-order valence-corrected chi connectivity index (χ0v) is 20.1. The molecule has 0 atom stereocenters.